The first-order chi connectivity index (χ1) is 19.2. The summed E-state index contributed by atoms with van der Waals surface area (Å²) in [5.41, 5.74) is 2.15. The highest BCUT2D eigenvalue weighted by Crippen LogP contribution is 2.27. The Bertz CT molecular complexity index is 1530. The van der Waals surface area contributed by atoms with E-state index in [9.17, 15) is 22.8 Å². The molecule has 3 aromatic rings. The molecule has 0 spiro atoms. The van der Waals surface area contributed by atoms with E-state index in [2.05, 4.69) is 20.5 Å². The molecule has 0 radical (unpaired) electrons. The van der Waals surface area contributed by atoms with Crippen LogP contribution in [0.25, 0.3) is 0 Å². The Morgan fingerprint density at radius 2 is 1.80 bits per heavy atom. The van der Waals surface area contributed by atoms with Crippen LogP contribution in [-0.4, -0.2) is 62.3 Å². The Morgan fingerprint density at radius 1 is 1.02 bits per heavy atom. The normalized spacial score (nSPS) is 16.0. The number of urea groups is 1. The SMILES string of the molecule is Cc1ccc(S(=O)(=O)NC(=O)Nc2ccc(N3C(=O)Cc4cc(NCCN5CCCCC5)ccc4C3=O)nc2)s1. The number of aryl methyl sites for hydroxylation is 1. The molecule has 1 saturated heterocycles. The maximum absolute atomic E-state index is 13.2. The molecule has 0 bridgehead atoms. The highest BCUT2D eigenvalue weighted by atomic mass is 32.2. The van der Waals surface area contributed by atoms with Crippen molar-refractivity contribution in [2.45, 2.75) is 36.8 Å². The van der Waals surface area contributed by atoms with Gasteiger partial charge in [0.05, 0.1) is 18.3 Å². The van der Waals surface area contributed by atoms with Crippen molar-refractivity contribution in [2.75, 3.05) is 41.7 Å². The van der Waals surface area contributed by atoms with E-state index >= 15 is 0 Å². The molecular weight excluding hydrogens is 552 g/mol. The number of sulfonamides is 1. The van der Waals surface area contributed by atoms with Crippen molar-refractivity contribution in [3.63, 3.8) is 0 Å². The van der Waals surface area contributed by atoms with Gasteiger partial charge in [-0.25, -0.2) is 27.8 Å². The molecule has 1 fully saturated rings. The Balaban J connectivity index is 1.20. The minimum Gasteiger partial charge on any atom is -0.384 e. The molecule has 4 amide bonds. The first-order valence-corrected chi connectivity index (χ1v) is 15.3. The molecule has 0 atom stereocenters. The third kappa shape index (κ3) is 6.32. The predicted molar refractivity (Wildman–Crippen MR) is 153 cm³/mol. The number of carbonyl (C=O) groups is 3. The van der Waals surface area contributed by atoms with E-state index < -0.39 is 27.9 Å². The zero-order valence-corrected chi connectivity index (χ0v) is 23.6. The van der Waals surface area contributed by atoms with Crippen LogP contribution in [0.15, 0.2) is 52.9 Å². The summed E-state index contributed by atoms with van der Waals surface area (Å²) < 4.78 is 26.7. The van der Waals surface area contributed by atoms with Gasteiger partial charge in [0.15, 0.2) is 0 Å². The number of pyridine rings is 1. The minimum absolute atomic E-state index is 0.0244. The number of nitrogens with zero attached hydrogens (tertiary/aromatic N) is 3. The summed E-state index contributed by atoms with van der Waals surface area (Å²) in [5, 5.41) is 5.79. The van der Waals surface area contributed by atoms with Crippen molar-refractivity contribution in [1.82, 2.24) is 14.6 Å². The lowest BCUT2D eigenvalue weighted by Gasteiger charge is -2.27. The average Bonchev–Trinajstić information content (AvgIpc) is 3.37. The fourth-order valence-electron chi connectivity index (χ4n) is 4.79. The van der Waals surface area contributed by atoms with Gasteiger partial charge in [-0.2, -0.15) is 0 Å². The van der Waals surface area contributed by atoms with Gasteiger partial charge in [0, 0.05) is 29.2 Å². The van der Waals surface area contributed by atoms with Crippen molar-refractivity contribution >= 4 is 56.4 Å². The topological polar surface area (TPSA) is 141 Å². The van der Waals surface area contributed by atoms with Crippen LogP contribution in [0.4, 0.5) is 22.0 Å². The van der Waals surface area contributed by atoms with Gasteiger partial charge < -0.3 is 15.5 Å². The van der Waals surface area contributed by atoms with Crippen molar-refractivity contribution in [3.8, 4) is 0 Å². The molecule has 0 aliphatic carbocycles. The quantitative estimate of drug-likeness (QED) is 0.342. The van der Waals surface area contributed by atoms with Crippen LogP contribution in [0.1, 0.15) is 40.1 Å². The second-order valence-electron chi connectivity index (χ2n) is 9.74. The van der Waals surface area contributed by atoms with E-state index in [1.54, 1.807) is 19.1 Å². The first-order valence-electron chi connectivity index (χ1n) is 13.0. The van der Waals surface area contributed by atoms with Crippen LogP contribution in [0.2, 0.25) is 0 Å². The van der Waals surface area contributed by atoms with E-state index in [1.165, 1.54) is 43.7 Å². The number of anilines is 3. The maximum Gasteiger partial charge on any atom is 0.333 e. The highest BCUT2D eigenvalue weighted by Gasteiger charge is 2.33. The molecule has 2 aliphatic heterocycles. The summed E-state index contributed by atoms with van der Waals surface area (Å²) in [5.74, 6) is -0.780. The summed E-state index contributed by atoms with van der Waals surface area (Å²) in [6.45, 7) is 5.75. The summed E-state index contributed by atoms with van der Waals surface area (Å²) in [6, 6.07) is 10.4. The Labute approximate surface area is 236 Å². The van der Waals surface area contributed by atoms with E-state index in [4.69, 9.17) is 0 Å². The fourth-order valence-corrected chi connectivity index (χ4v) is 6.98. The molecule has 0 unspecified atom stereocenters. The molecule has 40 heavy (non-hydrogen) atoms. The number of thiophene rings is 1. The molecular formula is C27H30N6O5S2. The van der Waals surface area contributed by atoms with Crippen LogP contribution >= 0.6 is 11.3 Å². The van der Waals surface area contributed by atoms with Crippen LogP contribution in [0, 0.1) is 6.92 Å². The molecule has 4 heterocycles. The molecule has 5 rings (SSSR count). The third-order valence-corrected chi connectivity index (χ3v) is 9.60. The highest BCUT2D eigenvalue weighted by molar-refractivity contribution is 7.92. The molecule has 3 N–H and O–H groups in total. The van der Waals surface area contributed by atoms with E-state index in [0.29, 0.717) is 11.1 Å². The third-order valence-electron chi connectivity index (χ3n) is 6.78. The molecule has 210 valence electrons. The van der Waals surface area contributed by atoms with Gasteiger partial charge in [-0.15, -0.1) is 11.3 Å². The molecule has 2 aromatic heterocycles. The van der Waals surface area contributed by atoms with Crippen LogP contribution < -0.4 is 20.3 Å². The smallest absolute Gasteiger partial charge is 0.333 e. The summed E-state index contributed by atoms with van der Waals surface area (Å²) >= 11 is 1.05. The van der Waals surface area contributed by atoms with E-state index in [1.807, 2.05) is 16.9 Å². The summed E-state index contributed by atoms with van der Waals surface area (Å²) in [7, 11) is -4.01. The summed E-state index contributed by atoms with van der Waals surface area (Å²) in [6.07, 6.45) is 5.07. The minimum atomic E-state index is -4.01. The average molecular weight is 583 g/mol. The van der Waals surface area contributed by atoms with Crippen molar-refractivity contribution in [1.29, 1.82) is 0 Å². The number of piperidine rings is 1. The zero-order valence-electron chi connectivity index (χ0n) is 22.0. The Kier molecular flexibility index (Phi) is 8.14. The number of fused-ring (bicyclic) bond motifs is 1. The van der Waals surface area contributed by atoms with Gasteiger partial charge in [0.1, 0.15) is 10.0 Å². The lowest BCUT2D eigenvalue weighted by molar-refractivity contribution is -0.117. The maximum atomic E-state index is 13.2. The van der Waals surface area contributed by atoms with Crippen LogP contribution in [0.5, 0.6) is 0 Å². The lowest BCUT2D eigenvalue weighted by Crippen LogP contribution is -2.43. The number of likely N-dealkylation sites (tertiary alicyclic amines) is 1. The molecule has 0 saturated carbocycles. The Morgan fingerprint density at radius 3 is 2.50 bits per heavy atom. The largest absolute Gasteiger partial charge is 0.384 e. The second kappa shape index (κ2) is 11.7. The number of imide groups is 1. The second-order valence-corrected chi connectivity index (χ2v) is 12.9. The molecule has 11 nitrogen and oxygen atoms in total. The van der Waals surface area contributed by atoms with Gasteiger partial charge in [-0.3, -0.25) is 9.59 Å². The van der Waals surface area contributed by atoms with Gasteiger partial charge >= 0.3 is 6.03 Å². The zero-order chi connectivity index (χ0) is 28.3. The lowest BCUT2D eigenvalue weighted by atomic mass is 9.97. The number of carbonyl (C=O) groups excluding carboxylic acids is 3. The Hall–Kier alpha value is -3.81. The monoisotopic (exact) mass is 582 g/mol. The van der Waals surface area contributed by atoms with Crippen LogP contribution in [-0.2, 0) is 21.2 Å². The van der Waals surface area contributed by atoms with Crippen molar-refractivity contribution in [2.24, 2.45) is 0 Å². The van der Waals surface area contributed by atoms with Crippen LogP contribution in [0.3, 0.4) is 0 Å². The summed E-state index contributed by atoms with van der Waals surface area (Å²) in [4.78, 5) is 46.8. The number of hydrogen-bond donors (Lipinski definition) is 3. The predicted octanol–water partition coefficient (Wildman–Crippen LogP) is 3.59. The first kappa shape index (κ1) is 27.7. The molecule has 13 heteroatoms. The van der Waals surface area contributed by atoms with Crippen molar-refractivity contribution in [3.05, 3.63) is 64.7 Å². The van der Waals surface area contributed by atoms with Crippen molar-refractivity contribution < 1.29 is 22.8 Å². The number of nitrogens with one attached hydrogen (secondary N) is 3. The fraction of sp³-hybridized carbons (Fsp3) is 0.333. The van der Waals surface area contributed by atoms with Gasteiger partial charge in [0.25, 0.3) is 15.9 Å². The van der Waals surface area contributed by atoms with E-state index in [-0.39, 0.29) is 22.1 Å². The van der Waals surface area contributed by atoms with Gasteiger partial charge in [0.2, 0.25) is 5.91 Å². The number of amides is 4. The number of benzene rings is 1. The molecule has 1 aromatic carbocycles. The number of rotatable bonds is 8. The van der Waals surface area contributed by atoms with E-state index in [0.717, 1.165) is 53.0 Å². The number of aromatic nitrogens is 1. The van der Waals surface area contributed by atoms with Gasteiger partial charge in [-0.05, 0) is 80.9 Å². The standard InChI is InChI=1S/C27H30N6O5S2/c1-18-5-10-25(39-18)40(37,38)31-27(36)30-21-7-9-23(29-17-21)33-24(34)16-19-15-20(6-8-22(19)26(33)35)28-11-14-32-12-3-2-4-13-32/h5-10,15,17,28H,2-4,11-14,16H2,1H3,(H2,30,31,36). The van der Waals surface area contributed by atoms with Gasteiger partial charge in [-0.1, -0.05) is 6.42 Å². The number of hydrogen-bond acceptors (Lipinski definition) is 9. The molecule has 2 aliphatic rings.